The van der Waals surface area contributed by atoms with Crippen molar-refractivity contribution in [3.05, 3.63) is 17.1 Å². The van der Waals surface area contributed by atoms with Gasteiger partial charge in [-0.15, -0.1) is 0 Å². The number of nitrogens with one attached hydrogen (secondary N) is 1. The van der Waals surface area contributed by atoms with Gasteiger partial charge in [0, 0.05) is 29.5 Å². The van der Waals surface area contributed by atoms with Crippen LogP contribution in [0.2, 0.25) is 0 Å². The van der Waals surface area contributed by atoms with Crippen molar-refractivity contribution >= 4 is 27.4 Å². The second-order valence-electron chi connectivity index (χ2n) is 4.98. The maximum Gasteiger partial charge on any atom is 0.151 e. The van der Waals surface area contributed by atoms with Crippen molar-refractivity contribution in [1.29, 1.82) is 0 Å². The van der Waals surface area contributed by atoms with Crippen molar-refractivity contribution in [1.82, 2.24) is 9.97 Å². The molecular weight excluding hydrogens is 282 g/mol. The monoisotopic (exact) mass is 299 g/mol. The number of fused-ring (bicyclic) bond motifs is 1. The predicted octanol–water partition coefficient (Wildman–Crippen LogP) is 1.56. The zero-order valence-electron chi connectivity index (χ0n) is 10.8. The molecule has 0 amide bonds. The first-order chi connectivity index (χ1) is 9.09. The molecule has 1 aromatic rings. The zero-order chi connectivity index (χ0) is 13.5. The number of thioether (sulfide) groups is 1. The summed E-state index contributed by atoms with van der Waals surface area (Å²) in [4.78, 5) is 9.19. The van der Waals surface area contributed by atoms with Gasteiger partial charge in [0.1, 0.15) is 11.6 Å². The van der Waals surface area contributed by atoms with E-state index in [0.29, 0.717) is 12.2 Å². The Hall–Kier alpha value is -0.820. The number of rotatable bonds is 3. The molecule has 104 valence electrons. The van der Waals surface area contributed by atoms with Gasteiger partial charge in [0.25, 0.3) is 0 Å². The second-order valence-corrected chi connectivity index (χ2v) is 8.19. The maximum absolute atomic E-state index is 11.6. The Balaban J connectivity index is 1.97. The van der Waals surface area contributed by atoms with E-state index in [1.54, 1.807) is 0 Å². The van der Waals surface area contributed by atoms with E-state index in [-0.39, 0.29) is 17.4 Å². The summed E-state index contributed by atoms with van der Waals surface area (Å²) in [7, 11) is -2.89. The Kier molecular flexibility index (Phi) is 3.42. The normalized spacial score (nSPS) is 24.4. The molecule has 3 rings (SSSR count). The molecule has 3 heterocycles. The van der Waals surface area contributed by atoms with Gasteiger partial charge in [-0.3, -0.25) is 0 Å². The number of hydrogen-bond acceptors (Lipinski definition) is 6. The van der Waals surface area contributed by atoms with Crippen LogP contribution < -0.4 is 5.32 Å². The van der Waals surface area contributed by atoms with Crippen molar-refractivity contribution in [2.75, 3.05) is 23.4 Å². The SMILES string of the molecule is CCNc1nc(C2CCS(=O)(=O)C2)nc2c1CSC2. The fraction of sp³-hybridized carbons (Fsp3) is 0.667. The van der Waals surface area contributed by atoms with Gasteiger partial charge >= 0.3 is 0 Å². The minimum Gasteiger partial charge on any atom is -0.370 e. The molecule has 19 heavy (non-hydrogen) atoms. The fourth-order valence-electron chi connectivity index (χ4n) is 2.57. The predicted molar refractivity (Wildman–Crippen MR) is 77.2 cm³/mol. The van der Waals surface area contributed by atoms with Gasteiger partial charge in [-0.25, -0.2) is 18.4 Å². The molecule has 7 heteroatoms. The van der Waals surface area contributed by atoms with Crippen LogP contribution in [0.1, 0.15) is 36.3 Å². The molecule has 2 aliphatic rings. The van der Waals surface area contributed by atoms with Crippen LogP contribution in [-0.4, -0.2) is 36.4 Å². The zero-order valence-corrected chi connectivity index (χ0v) is 12.5. The highest BCUT2D eigenvalue weighted by atomic mass is 32.2. The largest absolute Gasteiger partial charge is 0.370 e. The van der Waals surface area contributed by atoms with Gasteiger partial charge in [0.2, 0.25) is 0 Å². The van der Waals surface area contributed by atoms with Crippen molar-refractivity contribution in [2.45, 2.75) is 30.8 Å². The van der Waals surface area contributed by atoms with Gasteiger partial charge < -0.3 is 5.32 Å². The lowest BCUT2D eigenvalue weighted by Crippen LogP contribution is -2.12. The summed E-state index contributed by atoms with van der Waals surface area (Å²) in [6.07, 6.45) is 0.653. The van der Waals surface area contributed by atoms with Crippen LogP contribution in [-0.2, 0) is 21.3 Å². The number of anilines is 1. The van der Waals surface area contributed by atoms with Gasteiger partial charge in [0.15, 0.2) is 9.84 Å². The average Bonchev–Trinajstić information content (AvgIpc) is 2.95. The van der Waals surface area contributed by atoms with E-state index in [1.165, 1.54) is 5.56 Å². The van der Waals surface area contributed by atoms with Gasteiger partial charge in [-0.2, -0.15) is 11.8 Å². The van der Waals surface area contributed by atoms with Crippen molar-refractivity contribution in [3.63, 3.8) is 0 Å². The average molecular weight is 299 g/mol. The standard InChI is InChI=1S/C12H17N3O2S2/c1-2-13-12-9-5-18-6-10(9)14-11(15-12)8-3-4-19(16,17)7-8/h8H,2-7H2,1H3,(H,13,14,15). The van der Waals surface area contributed by atoms with Crippen LogP contribution in [0.3, 0.4) is 0 Å². The highest BCUT2D eigenvalue weighted by molar-refractivity contribution is 7.98. The molecule has 5 nitrogen and oxygen atoms in total. The van der Waals surface area contributed by atoms with E-state index >= 15 is 0 Å². The quantitative estimate of drug-likeness (QED) is 0.913. The van der Waals surface area contributed by atoms with Gasteiger partial charge in [0.05, 0.1) is 17.2 Å². The Bertz CT molecular complexity index is 601. The minimum absolute atomic E-state index is 0.0293. The first kappa shape index (κ1) is 13.2. The summed E-state index contributed by atoms with van der Waals surface area (Å²) in [5.74, 6) is 3.89. The summed E-state index contributed by atoms with van der Waals surface area (Å²) in [5, 5.41) is 3.28. The van der Waals surface area contributed by atoms with Crippen LogP contribution in [0.5, 0.6) is 0 Å². The fourth-order valence-corrected chi connectivity index (χ4v) is 5.35. The van der Waals surface area contributed by atoms with Crippen LogP contribution in [0, 0.1) is 0 Å². The lowest BCUT2D eigenvalue weighted by atomic mass is 10.1. The molecule has 1 atom stereocenters. The third-order valence-corrected chi connectivity index (χ3v) is 6.28. The molecular formula is C12H17N3O2S2. The summed E-state index contributed by atoms with van der Waals surface area (Å²) < 4.78 is 23.2. The van der Waals surface area contributed by atoms with E-state index in [1.807, 2.05) is 18.7 Å². The van der Waals surface area contributed by atoms with E-state index in [9.17, 15) is 8.42 Å². The summed E-state index contributed by atoms with van der Waals surface area (Å²) >= 11 is 1.83. The van der Waals surface area contributed by atoms with Crippen molar-refractivity contribution < 1.29 is 8.42 Å². The number of nitrogens with zero attached hydrogens (tertiary/aromatic N) is 2. The van der Waals surface area contributed by atoms with E-state index in [4.69, 9.17) is 0 Å². The molecule has 1 saturated heterocycles. The summed E-state index contributed by atoms with van der Waals surface area (Å²) in [6, 6.07) is 0. The maximum atomic E-state index is 11.6. The molecule has 1 unspecified atom stereocenters. The Morgan fingerprint density at radius 1 is 1.37 bits per heavy atom. The van der Waals surface area contributed by atoms with Crippen LogP contribution in [0.4, 0.5) is 5.82 Å². The first-order valence-corrected chi connectivity index (χ1v) is 9.48. The lowest BCUT2D eigenvalue weighted by Gasteiger charge is -2.13. The summed E-state index contributed by atoms with van der Waals surface area (Å²) in [6.45, 7) is 2.85. The molecule has 0 saturated carbocycles. The van der Waals surface area contributed by atoms with Gasteiger partial charge in [-0.05, 0) is 13.3 Å². The van der Waals surface area contributed by atoms with E-state index in [2.05, 4.69) is 15.3 Å². The number of hydrogen-bond donors (Lipinski definition) is 1. The molecule has 1 aromatic heterocycles. The Morgan fingerprint density at radius 3 is 2.89 bits per heavy atom. The smallest absolute Gasteiger partial charge is 0.151 e. The van der Waals surface area contributed by atoms with E-state index in [0.717, 1.165) is 29.6 Å². The molecule has 0 aliphatic carbocycles. The number of aromatic nitrogens is 2. The Morgan fingerprint density at radius 2 is 2.21 bits per heavy atom. The molecule has 1 N–H and O–H groups in total. The van der Waals surface area contributed by atoms with Crippen LogP contribution in [0.25, 0.3) is 0 Å². The molecule has 2 aliphatic heterocycles. The molecule has 0 radical (unpaired) electrons. The molecule has 0 spiro atoms. The third-order valence-electron chi connectivity index (χ3n) is 3.54. The highest BCUT2D eigenvalue weighted by Crippen LogP contribution is 2.35. The lowest BCUT2D eigenvalue weighted by molar-refractivity contribution is 0.601. The van der Waals surface area contributed by atoms with Crippen LogP contribution in [0.15, 0.2) is 0 Å². The van der Waals surface area contributed by atoms with Crippen molar-refractivity contribution in [2.24, 2.45) is 0 Å². The highest BCUT2D eigenvalue weighted by Gasteiger charge is 2.32. The molecule has 0 bridgehead atoms. The molecule has 0 aromatic carbocycles. The minimum atomic E-state index is -2.89. The van der Waals surface area contributed by atoms with Gasteiger partial charge in [-0.1, -0.05) is 0 Å². The second kappa shape index (κ2) is 4.94. The van der Waals surface area contributed by atoms with Crippen molar-refractivity contribution in [3.8, 4) is 0 Å². The van der Waals surface area contributed by atoms with Crippen LogP contribution >= 0.6 is 11.8 Å². The Labute approximate surface area is 117 Å². The van der Waals surface area contributed by atoms with E-state index < -0.39 is 9.84 Å². The first-order valence-electron chi connectivity index (χ1n) is 6.51. The number of sulfone groups is 1. The topological polar surface area (TPSA) is 72.0 Å². The third kappa shape index (κ3) is 2.58. The summed E-state index contributed by atoms with van der Waals surface area (Å²) in [5.41, 5.74) is 2.27. The molecule has 1 fully saturated rings.